The molecule has 0 saturated heterocycles. The highest BCUT2D eigenvalue weighted by Gasteiger charge is 2.14. The summed E-state index contributed by atoms with van der Waals surface area (Å²) in [7, 11) is 0. The molecule has 94 valence electrons. The van der Waals surface area contributed by atoms with E-state index in [9.17, 15) is 4.79 Å². The maximum absolute atomic E-state index is 11.9. The zero-order valence-corrected chi connectivity index (χ0v) is 12.5. The minimum absolute atomic E-state index is 0.297. The van der Waals surface area contributed by atoms with E-state index in [4.69, 9.17) is 4.74 Å². The average Bonchev–Trinajstić information content (AvgIpc) is 2.84. The molecule has 0 bridgehead atoms. The second-order valence-electron chi connectivity index (χ2n) is 4.20. The first kappa shape index (κ1) is 13.3. The quantitative estimate of drug-likeness (QED) is 0.595. The Bertz CT molecular complexity index is 547. The van der Waals surface area contributed by atoms with Crippen LogP contribution < -0.4 is 4.74 Å². The van der Waals surface area contributed by atoms with E-state index in [1.165, 1.54) is 11.3 Å². The molecular formula is C14H13BrO2S. The zero-order chi connectivity index (χ0) is 13.1. The number of carbonyl (C=O) groups is 1. The largest absolute Gasteiger partial charge is 0.422 e. The summed E-state index contributed by atoms with van der Waals surface area (Å²) in [5.74, 6) is 0.634. The summed E-state index contributed by atoms with van der Waals surface area (Å²) in [6.07, 6.45) is 0. The van der Waals surface area contributed by atoms with Crippen molar-refractivity contribution in [1.82, 2.24) is 0 Å². The van der Waals surface area contributed by atoms with Crippen LogP contribution in [0.25, 0.3) is 0 Å². The number of esters is 1. The first-order valence-electron chi connectivity index (χ1n) is 5.63. The standard InChI is InChI=1S/C14H13BrO2S/c1-9(2)11-8-10(15)5-6-12(11)17-14(16)13-4-3-7-18-13/h3-9H,1-2H3. The highest BCUT2D eigenvalue weighted by Crippen LogP contribution is 2.30. The molecule has 2 nitrogen and oxygen atoms in total. The Balaban J connectivity index is 2.26. The van der Waals surface area contributed by atoms with E-state index in [2.05, 4.69) is 29.8 Å². The lowest BCUT2D eigenvalue weighted by atomic mass is 10.0. The Morgan fingerprint density at radius 3 is 2.72 bits per heavy atom. The molecule has 0 atom stereocenters. The van der Waals surface area contributed by atoms with E-state index in [1.807, 2.05) is 29.6 Å². The SMILES string of the molecule is CC(C)c1cc(Br)ccc1OC(=O)c1cccs1. The number of ether oxygens (including phenoxy) is 1. The van der Waals surface area contributed by atoms with E-state index < -0.39 is 0 Å². The van der Waals surface area contributed by atoms with Gasteiger partial charge in [-0.1, -0.05) is 35.8 Å². The predicted molar refractivity (Wildman–Crippen MR) is 77.5 cm³/mol. The van der Waals surface area contributed by atoms with Crippen molar-refractivity contribution in [1.29, 1.82) is 0 Å². The van der Waals surface area contributed by atoms with Gasteiger partial charge in [0.2, 0.25) is 0 Å². The van der Waals surface area contributed by atoms with Crippen LogP contribution in [0.1, 0.15) is 35.0 Å². The van der Waals surface area contributed by atoms with Gasteiger partial charge in [0, 0.05) is 4.47 Å². The van der Waals surface area contributed by atoms with Crippen LogP contribution in [0.15, 0.2) is 40.2 Å². The van der Waals surface area contributed by atoms with Gasteiger partial charge in [-0.15, -0.1) is 11.3 Å². The van der Waals surface area contributed by atoms with Crippen LogP contribution in [-0.2, 0) is 0 Å². The Morgan fingerprint density at radius 1 is 1.33 bits per heavy atom. The van der Waals surface area contributed by atoms with Crippen molar-refractivity contribution < 1.29 is 9.53 Å². The third kappa shape index (κ3) is 3.00. The minimum Gasteiger partial charge on any atom is -0.422 e. The summed E-state index contributed by atoms with van der Waals surface area (Å²) in [5.41, 5.74) is 1.02. The van der Waals surface area contributed by atoms with E-state index >= 15 is 0 Å². The first-order valence-corrected chi connectivity index (χ1v) is 7.30. The summed E-state index contributed by atoms with van der Waals surface area (Å²) in [4.78, 5) is 12.5. The number of hydrogen-bond acceptors (Lipinski definition) is 3. The van der Waals surface area contributed by atoms with Crippen molar-refractivity contribution in [3.8, 4) is 5.75 Å². The van der Waals surface area contributed by atoms with Gasteiger partial charge in [-0.05, 0) is 41.1 Å². The molecule has 18 heavy (non-hydrogen) atoms. The fourth-order valence-electron chi connectivity index (χ4n) is 1.61. The van der Waals surface area contributed by atoms with Gasteiger partial charge >= 0.3 is 5.97 Å². The van der Waals surface area contributed by atoms with Crippen molar-refractivity contribution in [2.75, 3.05) is 0 Å². The highest BCUT2D eigenvalue weighted by atomic mass is 79.9. The molecule has 1 aromatic carbocycles. The van der Waals surface area contributed by atoms with Crippen molar-refractivity contribution in [3.63, 3.8) is 0 Å². The van der Waals surface area contributed by atoms with Crippen molar-refractivity contribution in [2.45, 2.75) is 19.8 Å². The monoisotopic (exact) mass is 324 g/mol. The maximum atomic E-state index is 11.9. The number of thiophene rings is 1. The van der Waals surface area contributed by atoms with Crippen LogP contribution in [0.4, 0.5) is 0 Å². The van der Waals surface area contributed by atoms with E-state index in [0.29, 0.717) is 16.5 Å². The maximum Gasteiger partial charge on any atom is 0.353 e. The van der Waals surface area contributed by atoms with Crippen LogP contribution in [0.5, 0.6) is 5.75 Å². The molecule has 0 fully saturated rings. The smallest absolute Gasteiger partial charge is 0.353 e. The molecular weight excluding hydrogens is 312 g/mol. The molecule has 0 unspecified atom stereocenters. The molecule has 0 radical (unpaired) electrons. The number of halogens is 1. The van der Waals surface area contributed by atoms with Gasteiger partial charge in [0.25, 0.3) is 0 Å². The molecule has 0 amide bonds. The fourth-order valence-corrected chi connectivity index (χ4v) is 2.59. The summed E-state index contributed by atoms with van der Waals surface area (Å²) in [5, 5.41) is 1.86. The zero-order valence-electron chi connectivity index (χ0n) is 10.1. The first-order chi connectivity index (χ1) is 8.58. The summed E-state index contributed by atoms with van der Waals surface area (Å²) >= 11 is 4.82. The highest BCUT2D eigenvalue weighted by molar-refractivity contribution is 9.10. The van der Waals surface area contributed by atoms with E-state index in [-0.39, 0.29) is 5.97 Å². The fraction of sp³-hybridized carbons (Fsp3) is 0.214. The Morgan fingerprint density at radius 2 is 2.11 bits per heavy atom. The molecule has 1 aromatic heterocycles. The Hall–Kier alpha value is -1.13. The molecule has 0 N–H and O–H groups in total. The van der Waals surface area contributed by atoms with Gasteiger partial charge in [-0.2, -0.15) is 0 Å². The second-order valence-corrected chi connectivity index (χ2v) is 6.07. The molecule has 0 aliphatic carbocycles. The van der Waals surface area contributed by atoms with Gasteiger partial charge < -0.3 is 4.74 Å². The van der Waals surface area contributed by atoms with Gasteiger partial charge in [-0.25, -0.2) is 4.79 Å². The molecule has 2 rings (SSSR count). The Kier molecular flexibility index (Phi) is 4.19. The average molecular weight is 325 g/mol. The van der Waals surface area contributed by atoms with Gasteiger partial charge in [0.05, 0.1) is 0 Å². The van der Waals surface area contributed by atoms with Gasteiger partial charge in [0.1, 0.15) is 10.6 Å². The number of carbonyl (C=O) groups excluding carboxylic acids is 1. The van der Waals surface area contributed by atoms with Crippen molar-refractivity contribution in [3.05, 3.63) is 50.6 Å². The molecule has 0 aliphatic rings. The lowest BCUT2D eigenvalue weighted by Crippen LogP contribution is -2.08. The van der Waals surface area contributed by atoms with Crippen molar-refractivity contribution in [2.24, 2.45) is 0 Å². The summed E-state index contributed by atoms with van der Waals surface area (Å²) in [6.45, 7) is 4.15. The van der Waals surface area contributed by atoms with Gasteiger partial charge in [0.15, 0.2) is 0 Å². The number of rotatable bonds is 3. The number of hydrogen-bond donors (Lipinski definition) is 0. The molecule has 0 spiro atoms. The molecule has 2 aromatic rings. The third-order valence-electron chi connectivity index (χ3n) is 2.52. The molecule has 4 heteroatoms. The van der Waals surface area contributed by atoms with Crippen LogP contribution in [0.2, 0.25) is 0 Å². The number of benzene rings is 1. The third-order valence-corrected chi connectivity index (χ3v) is 3.86. The van der Waals surface area contributed by atoms with E-state index in [1.54, 1.807) is 6.07 Å². The Labute approximate surface area is 119 Å². The summed E-state index contributed by atoms with van der Waals surface area (Å²) in [6, 6.07) is 9.29. The lowest BCUT2D eigenvalue weighted by Gasteiger charge is -2.12. The molecule has 0 aliphatic heterocycles. The van der Waals surface area contributed by atoms with Gasteiger partial charge in [-0.3, -0.25) is 0 Å². The minimum atomic E-state index is -0.297. The molecule has 1 heterocycles. The molecule has 0 saturated carbocycles. The predicted octanol–water partition coefficient (Wildman–Crippen LogP) is 4.85. The van der Waals surface area contributed by atoms with Crippen LogP contribution >= 0.6 is 27.3 Å². The van der Waals surface area contributed by atoms with Crippen LogP contribution in [0, 0.1) is 0 Å². The topological polar surface area (TPSA) is 26.3 Å². The van der Waals surface area contributed by atoms with Crippen molar-refractivity contribution >= 4 is 33.2 Å². The van der Waals surface area contributed by atoms with E-state index in [0.717, 1.165) is 10.0 Å². The normalized spacial score (nSPS) is 10.7. The van der Waals surface area contributed by atoms with Crippen LogP contribution in [0.3, 0.4) is 0 Å². The van der Waals surface area contributed by atoms with Crippen LogP contribution in [-0.4, -0.2) is 5.97 Å². The summed E-state index contributed by atoms with van der Waals surface area (Å²) < 4.78 is 6.44. The lowest BCUT2D eigenvalue weighted by molar-refractivity contribution is 0.0738. The second kappa shape index (κ2) is 5.67.